The van der Waals surface area contributed by atoms with Crippen molar-refractivity contribution in [1.29, 1.82) is 0 Å². The number of benzene rings is 1. The van der Waals surface area contributed by atoms with Gasteiger partial charge in [-0.3, -0.25) is 14.5 Å². The number of morpholine rings is 1. The van der Waals surface area contributed by atoms with Gasteiger partial charge >= 0.3 is 0 Å². The zero-order valence-electron chi connectivity index (χ0n) is 17.4. The van der Waals surface area contributed by atoms with Crippen LogP contribution in [0.3, 0.4) is 0 Å². The highest BCUT2D eigenvalue weighted by Gasteiger charge is 2.20. The van der Waals surface area contributed by atoms with Crippen molar-refractivity contribution in [3.63, 3.8) is 0 Å². The lowest BCUT2D eigenvalue weighted by molar-refractivity contribution is -0.132. The summed E-state index contributed by atoms with van der Waals surface area (Å²) in [6.07, 6.45) is 4.52. The van der Waals surface area contributed by atoms with E-state index >= 15 is 0 Å². The fourth-order valence-corrected chi connectivity index (χ4v) is 3.35. The molecule has 1 aliphatic rings. The molecule has 1 aliphatic heterocycles. The van der Waals surface area contributed by atoms with Crippen molar-refractivity contribution >= 4 is 11.8 Å². The van der Waals surface area contributed by atoms with Crippen LogP contribution in [-0.4, -0.2) is 86.0 Å². The van der Waals surface area contributed by atoms with Crippen molar-refractivity contribution in [3.05, 3.63) is 35.9 Å². The lowest BCUT2D eigenvalue weighted by Crippen LogP contribution is -2.46. The van der Waals surface area contributed by atoms with E-state index in [9.17, 15) is 9.59 Å². The largest absolute Gasteiger partial charge is 0.379 e. The molecule has 1 heterocycles. The predicted molar refractivity (Wildman–Crippen MR) is 111 cm³/mol. The number of rotatable bonds is 11. The summed E-state index contributed by atoms with van der Waals surface area (Å²) in [6.45, 7) is 8.00. The average molecular weight is 390 g/mol. The molecule has 1 fully saturated rings. The molecule has 0 radical (unpaired) electrons. The van der Waals surface area contributed by atoms with Gasteiger partial charge in [-0.25, -0.2) is 0 Å². The minimum Gasteiger partial charge on any atom is -0.379 e. The molecule has 1 saturated heterocycles. The van der Waals surface area contributed by atoms with Gasteiger partial charge in [0.1, 0.15) is 0 Å². The highest BCUT2D eigenvalue weighted by Crippen LogP contribution is 2.07. The Kier molecular flexibility index (Phi) is 10.0. The normalized spacial score (nSPS) is 14.6. The highest BCUT2D eigenvalue weighted by molar-refractivity contribution is 5.96. The number of ether oxygens (including phenoxy) is 1. The van der Waals surface area contributed by atoms with Crippen LogP contribution in [-0.2, 0) is 9.53 Å². The predicted octanol–water partition coefficient (Wildman–Crippen LogP) is 2.50. The van der Waals surface area contributed by atoms with Crippen LogP contribution in [0.25, 0.3) is 0 Å². The average Bonchev–Trinajstić information content (AvgIpc) is 2.73. The Morgan fingerprint density at radius 3 is 2.43 bits per heavy atom. The zero-order valence-corrected chi connectivity index (χ0v) is 17.4. The van der Waals surface area contributed by atoms with Gasteiger partial charge in [0.05, 0.1) is 19.8 Å². The van der Waals surface area contributed by atoms with Crippen LogP contribution in [0, 0.1) is 0 Å². The summed E-state index contributed by atoms with van der Waals surface area (Å²) in [5.41, 5.74) is 0.612. The van der Waals surface area contributed by atoms with Crippen molar-refractivity contribution in [1.82, 2.24) is 14.7 Å². The molecule has 0 aromatic heterocycles. The number of nitrogens with zero attached hydrogens (tertiary/aromatic N) is 3. The molecule has 0 bridgehead atoms. The zero-order chi connectivity index (χ0) is 20.2. The molecule has 0 unspecified atom stereocenters. The Labute approximate surface area is 169 Å². The number of amides is 2. The van der Waals surface area contributed by atoms with E-state index in [4.69, 9.17) is 4.74 Å². The molecule has 0 aliphatic carbocycles. The van der Waals surface area contributed by atoms with E-state index in [1.54, 1.807) is 19.2 Å². The van der Waals surface area contributed by atoms with Gasteiger partial charge in [-0.05, 0) is 18.6 Å². The Bertz CT molecular complexity index is 588. The van der Waals surface area contributed by atoms with E-state index in [-0.39, 0.29) is 18.4 Å². The Morgan fingerprint density at radius 1 is 1.04 bits per heavy atom. The molecule has 28 heavy (non-hydrogen) atoms. The summed E-state index contributed by atoms with van der Waals surface area (Å²) in [5.74, 6) is -0.0930. The van der Waals surface area contributed by atoms with E-state index in [1.807, 2.05) is 23.1 Å². The van der Waals surface area contributed by atoms with Gasteiger partial charge in [-0.15, -0.1) is 0 Å². The number of unbranched alkanes of at least 4 members (excludes halogenated alkanes) is 3. The van der Waals surface area contributed by atoms with Gasteiger partial charge in [-0.2, -0.15) is 0 Å². The number of carbonyl (C=O) groups is 2. The summed E-state index contributed by atoms with van der Waals surface area (Å²) in [5, 5.41) is 0. The molecule has 2 rings (SSSR count). The molecule has 0 saturated carbocycles. The van der Waals surface area contributed by atoms with Gasteiger partial charge in [0.2, 0.25) is 5.91 Å². The van der Waals surface area contributed by atoms with Crippen LogP contribution < -0.4 is 0 Å². The summed E-state index contributed by atoms with van der Waals surface area (Å²) in [6, 6.07) is 9.12. The first-order valence-electron chi connectivity index (χ1n) is 10.5. The molecular weight excluding hydrogens is 354 g/mol. The van der Waals surface area contributed by atoms with Crippen LogP contribution in [0.1, 0.15) is 43.0 Å². The molecule has 0 N–H and O–H groups in total. The van der Waals surface area contributed by atoms with Crippen LogP contribution in [0.5, 0.6) is 0 Å². The van der Waals surface area contributed by atoms with Gasteiger partial charge < -0.3 is 14.5 Å². The Hall–Kier alpha value is -1.92. The molecule has 0 atom stereocenters. The second kappa shape index (κ2) is 12.5. The van der Waals surface area contributed by atoms with Crippen LogP contribution in [0.4, 0.5) is 0 Å². The van der Waals surface area contributed by atoms with Gasteiger partial charge in [0.15, 0.2) is 0 Å². The fourth-order valence-electron chi connectivity index (χ4n) is 3.35. The summed E-state index contributed by atoms with van der Waals surface area (Å²) in [7, 11) is 1.70. The molecule has 2 amide bonds. The van der Waals surface area contributed by atoms with E-state index in [0.29, 0.717) is 12.1 Å². The fraction of sp³-hybridized carbons (Fsp3) is 0.636. The molecule has 1 aromatic rings. The van der Waals surface area contributed by atoms with Crippen LogP contribution in [0.15, 0.2) is 30.3 Å². The minimum absolute atomic E-state index is 0.0246. The first-order valence-corrected chi connectivity index (χ1v) is 10.5. The summed E-state index contributed by atoms with van der Waals surface area (Å²) < 4.78 is 5.40. The van der Waals surface area contributed by atoms with Crippen LogP contribution in [0.2, 0.25) is 0 Å². The minimum atomic E-state index is -0.118. The Morgan fingerprint density at radius 2 is 1.75 bits per heavy atom. The number of hydrogen-bond donors (Lipinski definition) is 0. The number of likely N-dealkylation sites (N-methyl/N-ethyl adjacent to an activating group) is 1. The first kappa shape index (κ1) is 22.4. The van der Waals surface area contributed by atoms with Gasteiger partial charge in [-0.1, -0.05) is 44.4 Å². The van der Waals surface area contributed by atoms with Crippen molar-refractivity contribution in [3.8, 4) is 0 Å². The monoisotopic (exact) mass is 389 g/mol. The highest BCUT2D eigenvalue weighted by atomic mass is 16.5. The maximum Gasteiger partial charge on any atom is 0.254 e. The maximum atomic E-state index is 12.9. The van der Waals surface area contributed by atoms with E-state index < -0.39 is 0 Å². The van der Waals surface area contributed by atoms with Crippen molar-refractivity contribution in [2.24, 2.45) is 0 Å². The summed E-state index contributed by atoms with van der Waals surface area (Å²) >= 11 is 0. The summed E-state index contributed by atoms with van der Waals surface area (Å²) in [4.78, 5) is 31.2. The smallest absolute Gasteiger partial charge is 0.254 e. The first-order chi connectivity index (χ1) is 13.6. The van der Waals surface area contributed by atoms with E-state index in [1.165, 1.54) is 17.7 Å². The molecule has 1 aromatic carbocycles. The van der Waals surface area contributed by atoms with Crippen molar-refractivity contribution < 1.29 is 14.3 Å². The third-order valence-electron chi connectivity index (χ3n) is 5.16. The van der Waals surface area contributed by atoms with Crippen LogP contribution >= 0.6 is 0 Å². The standard InChI is InChI=1S/C22H35N3O3/c1-3-4-5-9-12-25(14-13-24-15-17-28-18-16-24)21(26)19-23(2)22(27)20-10-7-6-8-11-20/h6-8,10-11H,3-5,9,12-19H2,1-2H3. The molecule has 6 nitrogen and oxygen atoms in total. The number of carbonyl (C=O) groups excluding carboxylic acids is 2. The van der Waals surface area contributed by atoms with Gasteiger partial charge in [0.25, 0.3) is 5.91 Å². The Balaban J connectivity index is 1.89. The van der Waals surface area contributed by atoms with Crippen molar-refractivity contribution in [2.45, 2.75) is 32.6 Å². The third kappa shape index (κ3) is 7.60. The molecule has 156 valence electrons. The second-order valence-electron chi connectivity index (χ2n) is 7.42. The molecular formula is C22H35N3O3. The second-order valence-corrected chi connectivity index (χ2v) is 7.42. The van der Waals surface area contributed by atoms with E-state index in [2.05, 4.69) is 11.8 Å². The molecule has 6 heteroatoms. The third-order valence-corrected chi connectivity index (χ3v) is 5.16. The number of hydrogen-bond acceptors (Lipinski definition) is 4. The van der Waals surface area contributed by atoms with Gasteiger partial charge in [0, 0.05) is 45.3 Å². The SMILES string of the molecule is CCCCCCN(CCN1CCOCC1)C(=O)CN(C)C(=O)c1ccccc1. The van der Waals surface area contributed by atoms with Crippen molar-refractivity contribution in [2.75, 3.05) is 59.5 Å². The topological polar surface area (TPSA) is 53.1 Å². The maximum absolute atomic E-state index is 12.9. The quantitative estimate of drug-likeness (QED) is 0.546. The lowest BCUT2D eigenvalue weighted by atomic mass is 10.2. The molecule has 0 spiro atoms. The van der Waals surface area contributed by atoms with E-state index in [0.717, 1.165) is 52.2 Å². The lowest BCUT2D eigenvalue weighted by Gasteiger charge is -2.31.